The topological polar surface area (TPSA) is 57.8 Å². The number of aromatic nitrogens is 2. The second-order valence-electron chi connectivity index (χ2n) is 7.07. The largest absolute Gasteiger partial charge is 0.449 e. The number of benzene rings is 3. The van der Waals surface area contributed by atoms with Crippen LogP contribution < -0.4 is 5.32 Å². The van der Waals surface area contributed by atoms with Gasteiger partial charge >= 0.3 is 6.18 Å². The van der Waals surface area contributed by atoms with Gasteiger partial charge in [-0.1, -0.05) is 48.5 Å². The van der Waals surface area contributed by atoms with Gasteiger partial charge in [0.15, 0.2) is 0 Å². The van der Waals surface area contributed by atoms with E-state index in [9.17, 15) is 22.4 Å². The van der Waals surface area contributed by atoms with Crippen molar-refractivity contribution in [1.29, 1.82) is 0 Å². The average Bonchev–Trinajstić information content (AvgIpc) is 3.18. The first-order valence-electron chi connectivity index (χ1n) is 9.45. The molecule has 158 valence electrons. The summed E-state index contributed by atoms with van der Waals surface area (Å²) in [5.74, 6) is -1.77. The number of amides is 1. The summed E-state index contributed by atoms with van der Waals surface area (Å²) in [7, 11) is 0. The van der Waals surface area contributed by atoms with Crippen LogP contribution >= 0.6 is 0 Å². The Labute approximate surface area is 174 Å². The van der Waals surface area contributed by atoms with Crippen molar-refractivity contribution in [3.8, 4) is 0 Å². The third-order valence-corrected chi connectivity index (χ3v) is 4.82. The molecule has 0 bridgehead atoms. The molecule has 4 rings (SSSR count). The number of fused-ring (bicyclic) bond motifs is 1. The van der Waals surface area contributed by atoms with Crippen LogP contribution in [-0.4, -0.2) is 15.9 Å². The first-order chi connectivity index (χ1) is 14.8. The monoisotopic (exact) mass is 427 g/mol. The minimum absolute atomic E-state index is 0.0359. The fraction of sp³-hybridized carbons (Fsp3) is 0.130. The molecule has 2 N–H and O–H groups in total. The Morgan fingerprint density at radius 2 is 1.68 bits per heavy atom. The van der Waals surface area contributed by atoms with Crippen LogP contribution in [-0.2, 0) is 17.4 Å². The van der Waals surface area contributed by atoms with Gasteiger partial charge in [-0.3, -0.25) is 4.79 Å². The number of alkyl halides is 3. The van der Waals surface area contributed by atoms with Crippen LogP contribution in [0, 0.1) is 5.82 Å². The van der Waals surface area contributed by atoms with E-state index in [2.05, 4.69) is 15.3 Å². The van der Waals surface area contributed by atoms with Crippen molar-refractivity contribution >= 4 is 16.9 Å². The molecular weight excluding hydrogens is 410 g/mol. The highest BCUT2D eigenvalue weighted by Crippen LogP contribution is 2.30. The van der Waals surface area contributed by atoms with E-state index in [1.54, 1.807) is 12.1 Å². The Hall–Kier alpha value is -3.68. The van der Waals surface area contributed by atoms with E-state index in [0.717, 1.165) is 5.56 Å². The van der Waals surface area contributed by atoms with Crippen molar-refractivity contribution in [1.82, 2.24) is 15.3 Å². The summed E-state index contributed by atoms with van der Waals surface area (Å²) in [6.45, 7) is 0. The van der Waals surface area contributed by atoms with E-state index in [1.807, 2.05) is 30.3 Å². The van der Waals surface area contributed by atoms with E-state index in [0.29, 0.717) is 11.1 Å². The highest BCUT2D eigenvalue weighted by molar-refractivity contribution is 5.80. The van der Waals surface area contributed by atoms with Crippen molar-refractivity contribution in [2.45, 2.75) is 18.6 Å². The van der Waals surface area contributed by atoms with Gasteiger partial charge < -0.3 is 10.3 Å². The smallest absolute Gasteiger partial charge is 0.345 e. The van der Waals surface area contributed by atoms with Crippen molar-refractivity contribution in [3.05, 3.63) is 101 Å². The zero-order valence-electron chi connectivity index (χ0n) is 16.1. The molecule has 4 nitrogen and oxygen atoms in total. The summed E-state index contributed by atoms with van der Waals surface area (Å²) in [5.41, 5.74) is 2.41. The number of carbonyl (C=O) groups is 1. The molecule has 0 spiro atoms. The van der Waals surface area contributed by atoms with Gasteiger partial charge in [0.1, 0.15) is 5.82 Å². The predicted octanol–water partition coefficient (Wildman–Crippen LogP) is 5.17. The molecule has 1 heterocycles. The Balaban J connectivity index is 1.65. The Morgan fingerprint density at radius 3 is 2.35 bits per heavy atom. The Kier molecular flexibility index (Phi) is 5.46. The summed E-state index contributed by atoms with van der Waals surface area (Å²) < 4.78 is 52.0. The van der Waals surface area contributed by atoms with Gasteiger partial charge in [-0.05, 0) is 41.0 Å². The van der Waals surface area contributed by atoms with E-state index < -0.39 is 23.9 Å². The van der Waals surface area contributed by atoms with E-state index in [-0.39, 0.29) is 23.4 Å². The lowest BCUT2D eigenvalue weighted by molar-refractivity contribution is -0.144. The lowest BCUT2D eigenvalue weighted by Crippen LogP contribution is -2.30. The summed E-state index contributed by atoms with van der Waals surface area (Å²) >= 11 is 0. The molecule has 1 aromatic heterocycles. The highest BCUT2D eigenvalue weighted by Gasteiger charge is 2.34. The lowest BCUT2D eigenvalue weighted by Gasteiger charge is -2.20. The van der Waals surface area contributed by atoms with E-state index >= 15 is 0 Å². The van der Waals surface area contributed by atoms with Crippen LogP contribution in [0.2, 0.25) is 0 Å². The molecule has 0 radical (unpaired) electrons. The molecular formula is C23H17F4N3O. The second-order valence-corrected chi connectivity index (χ2v) is 7.07. The van der Waals surface area contributed by atoms with Crippen molar-refractivity contribution in [3.63, 3.8) is 0 Å². The third kappa shape index (κ3) is 4.74. The molecule has 0 aliphatic heterocycles. The standard InChI is InChI=1S/C23H17F4N3O/c24-17-9-6-14(7-10-17)12-20(31)30-21(15-4-2-1-3-5-15)16-8-11-18-19(13-16)29-22(28-18)23(25,26)27/h1-11,13,21H,12H2,(H,28,29)(H,30,31)/t21-/m0/s1. The highest BCUT2D eigenvalue weighted by atomic mass is 19.4. The molecule has 4 aromatic rings. The lowest BCUT2D eigenvalue weighted by atomic mass is 9.97. The van der Waals surface area contributed by atoms with Gasteiger partial charge in [-0.2, -0.15) is 13.2 Å². The number of halogens is 4. The van der Waals surface area contributed by atoms with E-state index in [1.165, 1.54) is 30.3 Å². The number of imidazole rings is 1. The minimum Gasteiger partial charge on any atom is -0.345 e. The maximum absolute atomic E-state index is 13.1. The molecule has 3 aromatic carbocycles. The van der Waals surface area contributed by atoms with Gasteiger partial charge in [-0.25, -0.2) is 9.37 Å². The zero-order chi connectivity index (χ0) is 22.0. The number of aromatic amines is 1. The average molecular weight is 427 g/mol. The SMILES string of the molecule is O=C(Cc1ccc(F)cc1)N[C@@H](c1ccccc1)c1ccc2nc(C(F)(F)F)[nH]c2c1. The molecule has 0 aliphatic rings. The quantitative estimate of drug-likeness (QED) is 0.432. The summed E-state index contributed by atoms with van der Waals surface area (Å²) in [5, 5.41) is 2.93. The van der Waals surface area contributed by atoms with Crippen LogP contribution in [0.15, 0.2) is 72.8 Å². The van der Waals surface area contributed by atoms with Gasteiger partial charge in [0.05, 0.1) is 23.5 Å². The molecule has 0 saturated heterocycles. The molecule has 0 fully saturated rings. The van der Waals surface area contributed by atoms with Gasteiger partial charge in [0.25, 0.3) is 0 Å². The van der Waals surface area contributed by atoms with Gasteiger partial charge in [-0.15, -0.1) is 0 Å². The van der Waals surface area contributed by atoms with E-state index in [4.69, 9.17) is 0 Å². The maximum Gasteiger partial charge on any atom is 0.449 e. The third-order valence-electron chi connectivity index (χ3n) is 4.82. The molecule has 1 atom stereocenters. The number of hydrogen-bond donors (Lipinski definition) is 2. The van der Waals surface area contributed by atoms with Crippen LogP contribution in [0.1, 0.15) is 28.6 Å². The number of rotatable bonds is 5. The first-order valence-corrected chi connectivity index (χ1v) is 9.45. The molecule has 0 aliphatic carbocycles. The number of hydrogen-bond acceptors (Lipinski definition) is 2. The number of carbonyl (C=O) groups excluding carboxylic acids is 1. The molecule has 1 amide bonds. The Bertz CT molecular complexity index is 1200. The van der Waals surface area contributed by atoms with Crippen LogP contribution in [0.5, 0.6) is 0 Å². The van der Waals surface area contributed by atoms with Gasteiger partial charge in [0.2, 0.25) is 11.7 Å². The number of nitrogens with zero attached hydrogens (tertiary/aromatic N) is 1. The molecule has 8 heteroatoms. The van der Waals surface area contributed by atoms with Crippen LogP contribution in [0.25, 0.3) is 11.0 Å². The van der Waals surface area contributed by atoms with Crippen LogP contribution in [0.3, 0.4) is 0 Å². The fourth-order valence-electron chi connectivity index (χ4n) is 3.35. The van der Waals surface area contributed by atoms with Crippen molar-refractivity contribution in [2.75, 3.05) is 0 Å². The van der Waals surface area contributed by atoms with Crippen LogP contribution in [0.4, 0.5) is 17.6 Å². The fourth-order valence-corrected chi connectivity index (χ4v) is 3.35. The molecule has 0 unspecified atom stereocenters. The normalized spacial score (nSPS) is 12.6. The maximum atomic E-state index is 13.1. The zero-order valence-corrected chi connectivity index (χ0v) is 16.1. The van der Waals surface area contributed by atoms with Crippen molar-refractivity contribution in [2.24, 2.45) is 0 Å². The Morgan fingerprint density at radius 1 is 0.968 bits per heavy atom. The molecule has 31 heavy (non-hydrogen) atoms. The summed E-state index contributed by atoms with van der Waals surface area (Å²) in [4.78, 5) is 18.6. The van der Waals surface area contributed by atoms with Crippen molar-refractivity contribution < 1.29 is 22.4 Å². The number of nitrogens with one attached hydrogen (secondary N) is 2. The predicted molar refractivity (Wildman–Crippen MR) is 108 cm³/mol. The summed E-state index contributed by atoms with van der Waals surface area (Å²) in [6.07, 6.45) is -4.55. The number of H-pyrrole nitrogens is 1. The first kappa shape index (κ1) is 20.6. The second kappa shape index (κ2) is 8.22. The van der Waals surface area contributed by atoms with Gasteiger partial charge in [0, 0.05) is 0 Å². The summed E-state index contributed by atoms with van der Waals surface area (Å²) in [6, 6.07) is 18.8. The molecule has 0 saturated carbocycles. The minimum atomic E-state index is -4.58.